The van der Waals surface area contributed by atoms with Gasteiger partial charge in [-0.1, -0.05) is 37.5 Å². The summed E-state index contributed by atoms with van der Waals surface area (Å²) in [7, 11) is 0. The largest absolute Gasteiger partial charge is 0.343 e. The molecule has 24 heavy (non-hydrogen) atoms. The number of carbonyl (C=O) groups excluding carboxylic acids is 2. The highest BCUT2D eigenvalue weighted by molar-refractivity contribution is 5.89. The molecule has 0 aliphatic heterocycles. The van der Waals surface area contributed by atoms with E-state index >= 15 is 0 Å². The average Bonchev–Trinajstić information content (AvgIpc) is 2.61. The summed E-state index contributed by atoms with van der Waals surface area (Å²) in [4.78, 5) is 24.2. The maximum absolute atomic E-state index is 12.3. The van der Waals surface area contributed by atoms with E-state index in [-0.39, 0.29) is 30.9 Å². The minimum absolute atomic E-state index is 0.00751. The molecule has 3 amide bonds. The van der Waals surface area contributed by atoms with Crippen LogP contribution >= 0.6 is 0 Å². The van der Waals surface area contributed by atoms with Crippen LogP contribution in [-0.2, 0) is 4.79 Å². The van der Waals surface area contributed by atoms with E-state index in [2.05, 4.69) is 16.0 Å². The fourth-order valence-electron chi connectivity index (χ4n) is 3.14. The van der Waals surface area contributed by atoms with Crippen molar-refractivity contribution in [3.63, 3.8) is 0 Å². The van der Waals surface area contributed by atoms with Gasteiger partial charge in [-0.2, -0.15) is 5.26 Å². The average molecular weight is 328 g/mol. The topological polar surface area (TPSA) is 94.0 Å². The molecule has 0 spiro atoms. The SMILES string of the molecule is N#CCNC(=O)CC(NC(=O)Nc1ccccc1)C1CCCCC1. The summed E-state index contributed by atoms with van der Waals surface area (Å²) in [6.45, 7) is -0.00751. The highest BCUT2D eigenvalue weighted by atomic mass is 16.2. The summed E-state index contributed by atoms with van der Waals surface area (Å²) in [5.74, 6) is 0.0974. The van der Waals surface area contributed by atoms with Crippen LogP contribution in [0.15, 0.2) is 30.3 Å². The van der Waals surface area contributed by atoms with Crippen LogP contribution < -0.4 is 16.0 Å². The lowest BCUT2D eigenvalue weighted by Gasteiger charge is -2.30. The lowest BCUT2D eigenvalue weighted by atomic mass is 9.82. The summed E-state index contributed by atoms with van der Waals surface area (Å²) >= 11 is 0. The fraction of sp³-hybridized carbons (Fsp3) is 0.500. The van der Waals surface area contributed by atoms with Crippen molar-refractivity contribution in [2.75, 3.05) is 11.9 Å². The first-order valence-electron chi connectivity index (χ1n) is 8.45. The predicted octanol–water partition coefficient (Wildman–Crippen LogP) is 2.79. The summed E-state index contributed by atoms with van der Waals surface area (Å²) in [6, 6.07) is 10.6. The van der Waals surface area contributed by atoms with Gasteiger partial charge in [0, 0.05) is 18.2 Å². The molecule has 6 nitrogen and oxygen atoms in total. The van der Waals surface area contributed by atoms with Crippen LogP contribution in [0.25, 0.3) is 0 Å². The van der Waals surface area contributed by atoms with Crippen molar-refractivity contribution in [1.29, 1.82) is 5.26 Å². The molecule has 1 aromatic carbocycles. The van der Waals surface area contributed by atoms with Crippen molar-refractivity contribution in [3.8, 4) is 6.07 Å². The third-order valence-corrected chi connectivity index (χ3v) is 4.34. The number of nitrogens with one attached hydrogen (secondary N) is 3. The minimum atomic E-state index is -0.301. The van der Waals surface area contributed by atoms with Crippen LogP contribution in [0.4, 0.5) is 10.5 Å². The fourth-order valence-corrected chi connectivity index (χ4v) is 3.14. The Bertz CT molecular complexity index is 576. The zero-order valence-electron chi connectivity index (χ0n) is 13.8. The number of nitrogens with zero attached hydrogens (tertiary/aromatic N) is 1. The second-order valence-electron chi connectivity index (χ2n) is 6.11. The first-order valence-corrected chi connectivity index (χ1v) is 8.45. The molecule has 2 rings (SSSR count). The molecule has 0 aromatic heterocycles. The number of benzene rings is 1. The van der Waals surface area contributed by atoms with Gasteiger partial charge in [0.05, 0.1) is 6.07 Å². The number of anilines is 1. The van der Waals surface area contributed by atoms with Gasteiger partial charge in [0.1, 0.15) is 6.54 Å². The number of hydrogen-bond donors (Lipinski definition) is 3. The maximum atomic E-state index is 12.3. The molecule has 0 radical (unpaired) electrons. The third-order valence-electron chi connectivity index (χ3n) is 4.34. The molecule has 1 aliphatic carbocycles. The van der Waals surface area contributed by atoms with Gasteiger partial charge in [-0.3, -0.25) is 4.79 Å². The molecule has 1 unspecified atom stereocenters. The van der Waals surface area contributed by atoms with E-state index in [0.29, 0.717) is 11.6 Å². The second kappa shape index (κ2) is 9.56. The Labute approximate surface area is 142 Å². The first kappa shape index (κ1) is 17.8. The van der Waals surface area contributed by atoms with Crippen molar-refractivity contribution < 1.29 is 9.59 Å². The van der Waals surface area contributed by atoms with Crippen LogP contribution in [0.1, 0.15) is 38.5 Å². The number of carbonyl (C=O) groups is 2. The number of para-hydroxylation sites is 1. The van der Waals surface area contributed by atoms with Crippen LogP contribution in [0.3, 0.4) is 0 Å². The predicted molar refractivity (Wildman–Crippen MR) is 92.2 cm³/mol. The number of nitriles is 1. The Morgan fingerprint density at radius 1 is 1.17 bits per heavy atom. The molecule has 1 aromatic rings. The van der Waals surface area contributed by atoms with Gasteiger partial charge < -0.3 is 16.0 Å². The number of urea groups is 1. The van der Waals surface area contributed by atoms with Crippen molar-refractivity contribution in [2.24, 2.45) is 5.92 Å². The Kier molecular flexibility index (Phi) is 7.09. The lowest BCUT2D eigenvalue weighted by molar-refractivity contribution is -0.121. The Hall–Kier alpha value is -2.55. The van der Waals surface area contributed by atoms with Crippen molar-refractivity contribution in [2.45, 2.75) is 44.6 Å². The molecule has 1 saturated carbocycles. The molecule has 6 heteroatoms. The van der Waals surface area contributed by atoms with E-state index in [4.69, 9.17) is 5.26 Å². The molecule has 0 bridgehead atoms. The minimum Gasteiger partial charge on any atom is -0.343 e. The normalized spacial score (nSPS) is 15.8. The van der Waals surface area contributed by atoms with Gasteiger partial charge >= 0.3 is 6.03 Å². The highest BCUT2D eigenvalue weighted by Gasteiger charge is 2.27. The Morgan fingerprint density at radius 3 is 2.54 bits per heavy atom. The third kappa shape index (κ3) is 5.92. The Balaban J connectivity index is 1.94. The zero-order valence-corrected chi connectivity index (χ0v) is 13.8. The van der Waals surface area contributed by atoms with Gasteiger partial charge in [0.2, 0.25) is 5.91 Å². The summed E-state index contributed by atoms with van der Waals surface area (Å²) in [6.07, 6.45) is 5.70. The number of hydrogen-bond acceptors (Lipinski definition) is 3. The van der Waals surface area contributed by atoms with Crippen LogP contribution in [0.5, 0.6) is 0 Å². The second-order valence-corrected chi connectivity index (χ2v) is 6.11. The van der Waals surface area contributed by atoms with E-state index in [1.807, 2.05) is 36.4 Å². The molecule has 128 valence electrons. The first-order chi connectivity index (χ1) is 11.7. The van der Waals surface area contributed by atoms with E-state index in [9.17, 15) is 9.59 Å². The standard InChI is InChI=1S/C18H24N4O2/c19-11-12-20-17(23)13-16(14-7-3-1-4-8-14)22-18(24)21-15-9-5-2-6-10-15/h2,5-6,9-10,14,16H,1,3-4,7-8,12-13H2,(H,20,23)(H2,21,22,24). The quantitative estimate of drug-likeness (QED) is 0.701. The molecule has 1 atom stereocenters. The van der Waals surface area contributed by atoms with E-state index < -0.39 is 0 Å². The van der Waals surface area contributed by atoms with Crippen molar-refractivity contribution >= 4 is 17.6 Å². The molecule has 0 saturated heterocycles. The smallest absolute Gasteiger partial charge is 0.319 e. The summed E-state index contributed by atoms with van der Waals surface area (Å²) in [5.41, 5.74) is 0.714. The summed E-state index contributed by atoms with van der Waals surface area (Å²) < 4.78 is 0. The van der Waals surface area contributed by atoms with E-state index in [1.165, 1.54) is 6.42 Å². The van der Waals surface area contributed by atoms with E-state index in [0.717, 1.165) is 25.7 Å². The highest BCUT2D eigenvalue weighted by Crippen LogP contribution is 2.28. The lowest BCUT2D eigenvalue weighted by Crippen LogP contribution is -2.46. The van der Waals surface area contributed by atoms with Gasteiger partial charge in [-0.15, -0.1) is 0 Å². The molecular weight excluding hydrogens is 304 g/mol. The van der Waals surface area contributed by atoms with Crippen molar-refractivity contribution in [3.05, 3.63) is 30.3 Å². The molecule has 3 N–H and O–H groups in total. The number of amides is 3. The zero-order chi connectivity index (χ0) is 17.2. The van der Waals surface area contributed by atoms with Crippen LogP contribution in [-0.4, -0.2) is 24.5 Å². The maximum Gasteiger partial charge on any atom is 0.319 e. The van der Waals surface area contributed by atoms with Gasteiger partial charge in [0.15, 0.2) is 0 Å². The van der Waals surface area contributed by atoms with E-state index in [1.54, 1.807) is 0 Å². The van der Waals surface area contributed by atoms with Gasteiger partial charge in [0.25, 0.3) is 0 Å². The van der Waals surface area contributed by atoms with Crippen LogP contribution in [0.2, 0.25) is 0 Å². The molecular formula is C18H24N4O2. The van der Waals surface area contributed by atoms with Gasteiger partial charge in [-0.05, 0) is 30.9 Å². The Morgan fingerprint density at radius 2 is 1.88 bits per heavy atom. The summed E-state index contributed by atoms with van der Waals surface area (Å²) in [5, 5.41) is 16.9. The monoisotopic (exact) mass is 328 g/mol. The number of rotatable bonds is 6. The molecule has 1 fully saturated rings. The molecule has 0 heterocycles. The molecule has 1 aliphatic rings. The van der Waals surface area contributed by atoms with Crippen molar-refractivity contribution in [1.82, 2.24) is 10.6 Å². The van der Waals surface area contributed by atoms with Crippen LogP contribution in [0, 0.1) is 17.2 Å². The van der Waals surface area contributed by atoms with Gasteiger partial charge in [-0.25, -0.2) is 4.79 Å².